The van der Waals surface area contributed by atoms with Gasteiger partial charge >= 0.3 is 0 Å². The quantitative estimate of drug-likeness (QED) is 0.883. The molecular weight excluding hydrogens is 309 g/mol. The molecule has 0 radical (unpaired) electrons. The van der Waals surface area contributed by atoms with Crippen LogP contribution in [-0.4, -0.2) is 37.2 Å². The molecule has 1 unspecified atom stereocenters. The number of nitrogens with one attached hydrogen (secondary N) is 1. The Labute approximate surface area is 122 Å². The highest BCUT2D eigenvalue weighted by Gasteiger charge is 2.40. The van der Waals surface area contributed by atoms with Crippen molar-refractivity contribution in [1.29, 1.82) is 0 Å². The summed E-state index contributed by atoms with van der Waals surface area (Å²) in [6, 6.07) is 5.19. The van der Waals surface area contributed by atoms with Gasteiger partial charge < -0.3 is 10.4 Å². The molecule has 0 amide bonds. The van der Waals surface area contributed by atoms with Gasteiger partial charge in [-0.3, -0.25) is 0 Å². The molecule has 106 valence electrons. The van der Waals surface area contributed by atoms with Gasteiger partial charge in [-0.15, -0.1) is 0 Å². The molecule has 0 aliphatic carbocycles. The van der Waals surface area contributed by atoms with Crippen LogP contribution in [0, 0.1) is 0 Å². The standard InChI is InChI=1S/C12H15Cl2NO3S/c13-10-3-9(4-11(14)5-10)6-15-7-12(16)1-2-19(17,18)8-12/h3-5,15-16H,1-2,6-8H2. The molecule has 4 nitrogen and oxygen atoms in total. The molecule has 0 aromatic heterocycles. The Morgan fingerprint density at radius 2 is 1.89 bits per heavy atom. The zero-order chi connectivity index (χ0) is 14.1. The molecule has 1 atom stereocenters. The van der Waals surface area contributed by atoms with Gasteiger partial charge in [-0.2, -0.15) is 0 Å². The van der Waals surface area contributed by atoms with Crippen molar-refractivity contribution in [3.63, 3.8) is 0 Å². The minimum atomic E-state index is -3.09. The first-order chi connectivity index (χ1) is 8.78. The van der Waals surface area contributed by atoms with Gasteiger partial charge in [0.2, 0.25) is 0 Å². The van der Waals surface area contributed by atoms with Crippen LogP contribution >= 0.6 is 23.2 Å². The van der Waals surface area contributed by atoms with E-state index >= 15 is 0 Å². The molecule has 1 fully saturated rings. The van der Waals surface area contributed by atoms with Crippen molar-refractivity contribution < 1.29 is 13.5 Å². The summed E-state index contributed by atoms with van der Waals surface area (Å²) in [5.41, 5.74) is -0.275. The third kappa shape index (κ3) is 4.33. The highest BCUT2D eigenvalue weighted by molar-refractivity contribution is 7.91. The average Bonchev–Trinajstić information content (AvgIpc) is 2.51. The molecule has 1 saturated heterocycles. The summed E-state index contributed by atoms with van der Waals surface area (Å²) < 4.78 is 22.7. The van der Waals surface area contributed by atoms with E-state index in [1.54, 1.807) is 18.2 Å². The summed E-state index contributed by atoms with van der Waals surface area (Å²) in [6.07, 6.45) is 0.276. The Hall–Kier alpha value is -0.330. The Balaban J connectivity index is 1.90. The monoisotopic (exact) mass is 323 g/mol. The Kier molecular flexibility index (Phi) is 4.42. The first kappa shape index (κ1) is 15.1. The molecule has 0 bridgehead atoms. The summed E-state index contributed by atoms with van der Waals surface area (Å²) >= 11 is 11.8. The number of hydrogen-bond donors (Lipinski definition) is 2. The average molecular weight is 324 g/mol. The first-order valence-electron chi connectivity index (χ1n) is 5.87. The maximum absolute atomic E-state index is 11.3. The predicted molar refractivity (Wildman–Crippen MR) is 76.4 cm³/mol. The lowest BCUT2D eigenvalue weighted by molar-refractivity contribution is 0.0670. The van der Waals surface area contributed by atoms with Crippen molar-refractivity contribution in [2.45, 2.75) is 18.6 Å². The molecule has 7 heteroatoms. The second kappa shape index (κ2) is 5.58. The third-order valence-electron chi connectivity index (χ3n) is 3.07. The number of halogens is 2. The fraction of sp³-hybridized carbons (Fsp3) is 0.500. The van der Waals surface area contributed by atoms with E-state index in [2.05, 4.69) is 5.32 Å². The van der Waals surface area contributed by atoms with Crippen LogP contribution in [0.5, 0.6) is 0 Å². The fourth-order valence-electron chi connectivity index (χ4n) is 2.19. The summed E-state index contributed by atoms with van der Waals surface area (Å²) in [5.74, 6) is -0.128. The summed E-state index contributed by atoms with van der Waals surface area (Å²) in [5, 5.41) is 14.3. The summed E-state index contributed by atoms with van der Waals surface area (Å²) in [6.45, 7) is 0.707. The Morgan fingerprint density at radius 1 is 1.26 bits per heavy atom. The second-order valence-corrected chi connectivity index (χ2v) is 8.00. The topological polar surface area (TPSA) is 66.4 Å². The van der Waals surface area contributed by atoms with Gasteiger partial charge in [0.25, 0.3) is 0 Å². The fourth-order valence-corrected chi connectivity index (χ4v) is 4.66. The van der Waals surface area contributed by atoms with Crippen LogP contribution in [0.15, 0.2) is 18.2 Å². The smallest absolute Gasteiger partial charge is 0.153 e. The maximum Gasteiger partial charge on any atom is 0.153 e. The van der Waals surface area contributed by atoms with E-state index in [0.717, 1.165) is 5.56 Å². The van der Waals surface area contributed by atoms with Crippen LogP contribution < -0.4 is 5.32 Å². The van der Waals surface area contributed by atoms with Crippen molar-refractivity contribution >= 4 is 33.0 Å². The number of hydrogen-bond acceptors (Lipinski definition) is 4. The molecule has 2 rings (SSSR count). The van der Waals surface area contributed by atoms with Crippen LogP contribution in [0.4, 0.5) is 0 Å². The number of sulfone groups is 1. The second-order valence-electron chi connectivity index (χ2n) is 4.95. The van der Waals surface area contributed by atoms with E-state index in [-0.39, 0.29) is 24.5 Å². The zero-order valence-corrected chi connectivity index (χ0v) is 12.5. The summed E-state index contributed by atoms with van der Waals surface area (Å²) in [4.78, 5) is 0. The summed E-state index contributed by atoms with van der Waals surface area (Å²) in [7, 11) is -3.09. The van der Waals surface area contributed by atoms with Gasteiger partial charge in [0.15, 0.2) is 9.84 Å². The predicted octanol–water partition coefficient (Wildman–Crippen LogP) is 1.63. The molecule has 0 saturated carbocycles. The molecular formula is C12H15Cl2NO3S. The van der Waals surface area contributed by atoms with Crippen LogP contribution in [0.2, 0.25) is 10.0 Å². The molecule has 0 spiro atoms. The van der Waals surface area contributed by atoms with Gasteiger partial charge in [-0.25, -0.2) is 8.42 Å². The third-order valence-corrected chi connectivity index (χ3v) is 5.31. The van der Waals surface area contributed by atoms with E-state index < -0.39 is 15.4 Å². The number of benzene rings is 1. The first-order valence-corrected chi connectivity index (χ1v) is 8.44. The number of aliphatic hydroxyl groups is 1. The normalized spacial score (nSPS) is 25.6. The van der Waals surface area contributed by atoms with Gasteiger partial charge in [-0.1, -0.05) is 23.2 Å². The van der Waals surface area contributed by atoms with Crippen molar-refractivity contribution in [2.24, 2.45) is 0 Å². The van der Waals surface area contributed by atoms with Gasteiger partial charge in [-0.05, 0) is 30.2 Å². The molecule has 1 aliphatic heterocycles. The van der Waals surface area contributed by atoms with E-state index in [4.69, 9.17) is 23.2 Å². The van der Waals surface area contributed by atoms with Crippen LogP contribution in [0.25, 0.3) is 0 Å². The molecule has 1 aromatic carbocycles. The van der Waals surface area contributed by atoms with Crippen molar-refractivity contribution in [2.75, 3.05) is 18.1 Å². The van der Waals surface area contributed by atoms with Gasteiger partial charge in [0.05, 0.1) is 17.1 Å². The number of rotatable bonds is 4. The van der Waals surface area contributed by atoms with Crippen molar-refractivity contribution in [3.05, 3.63) is 33.8 Å². The van der Waals surface area contributed by atoms with Crippen LogP contribution in [0.1, 0.15) is 12.0 Å². The molecule has 2 N–H and O–H groups in total. The van der Waals surface area contributed by atoms with Crippen LogP contribution in [-0.2, 0) is 16.4 Å². The minimum absolute atomic E-state index is 0.0498. The highest BCUT2D eigenvalue weighted by atomic mass is 35.5. The lowest BCUT2D eigenvalue weighted by atomic mass is 10.0. The molecule has 1 aromatic rings. The lowest BCUT2D eigenvalue weighted by Crippen LogP contribution is -2.41. The van der Waals surface area contributed by atoms with Gasteiger partial charge in [0, 0.05) is 23.1 Å². The van der Waals surface area contributed by atoms with Crippen molar-refractivity contribution in [3.8, 4) is 0 Å². The van der Waals surface area contributed by atoms with E-state index in [1.165, 1.54) is 0 Å². The Morgan fingerprint density at radius 3 is 2.42 bits per heavy atom. The van der Waals surface area contributed by atoms with Crippen molar-refractivity contribution in [1.82, 2.24) is 5.32 Å². The molecule has 1 aliphatic rings. The SMILES string of the molecule is O=S1(=O)CCC(O)(CNCc2cc(Cl)cc(Cl)c2)C1. The molecule has 1 heterocycles. The zero-order valence-electron chi connectivity index (χ0n) is 10.2. The minimum Gasteiger partial charge on any atom is -0.387 e. The highest BCUT2D eigenvalue weighted by Crippen LogP contribution is 2.23. The van der Waals surface area contributed by atoms with E-state index in [1.807, 2.05) is 0 Å². The Bertz CT molecular complexity index is 556. The van der Waals surface area contributed by atoms with E-state index in [9.17, 15) is 13.5 Å². The van der Waals surface area contributed by atoms with E-state index in [0.29, 0.717) is 16.6 Å². The largest absolute Gasteiger partial charge is 0.387 e. The lowest BCUT2D eigenvalue weighted by Gasteiger charge is -2.21. The van der Waals surface area contributed by atoms with Gasteiger partial charge in [0.1, 0.15) is 0 Å². The molecule has 19 heavy (non-hydrogen) atoms. The maximum atomic E-state index is 11.3. The van der Waals surface area contributed by atoms with Crippen LogP contribution in [0.3, 0.4) is 0 Å².